The second-order valence-electron chi connectivity index (χ2n) is 8.76. The average Bonchev–Trinajstić information content (AvgIpc) is 3.32. The summed E-state index contributed by atoms with van der Waals surface area (Å²) in [5, 5.41) is 0.918. The highest BCUT2D eigenvalue weighted by Gasteiger charge is 2.27. The van der Waals surface area contributed by atoms with Gasteiger partial charge in [-0.2, -0.15) is 0 Å². The zero-order valence-corrected chi connectivity index (χ0v) is 20.8. The maximum atomic E-state index is 13.1. The minimum Gasteiger partial charge on any atom is -0.496 e. The van der Waals surface area contributed by atoms with E-state index in [9.17, 15) is 9.59 Å². The standard InChI is InChI=1S/C28H31NO6/c1-17(14-25(30)29-12-10-19(11-13-29)28(31)34-5)21-15-22-23(20-8-6-7-9-24(20)32-3)16-35-27(22)18(2)26(21)33-4/h6-9,14-16,19H,10-13H2,1-5H3/b17-14+. The van der Waals surface area contributed by atoms with Crippen LogP contribution in [0.15, 0.2) is 47.1 Å². The Bertz CT molecular complexity index is 1280. The summed E-state index contributed by atoms with van der Waals surface area (Å²) in [6.45, 7) is 4.91. The van der Waals surface area contributed by atoms with Gasteiger partial charge in [0.25, 0.3) is 0 Å². The quantitative estimate of drug-likeness (QED) is 0.357. The molecule has 0 bridgehead atoms. The van der Waals surface area contributed by atoms with Gasteiger partial charge in [0.1, 0.15) is 17.1 Å². The summed E-state index contributed by atoms with van der Waals surface area (Å²) in [6.07, 6.45) is 4.59. The molecule has 7 nitrogen and oxygen atoms in total. The van der Waals surface area contributed by atoms with Crippen LogP contribution in [0.4, 0.5) is 0 Å². The fourth-order valence-corrected chi connectivity index (χ4v) is 4.80. The van der Waals surface area contributed by atoms with Crippen molar-refractivity contribution in [1.82, 2.24) is 4.90 Å². The molecule has 1 saturated heterocycles. The zero-order chi connectivity index (χ0) is 25.1. The molecular weight excluding hydrogens is 446 g/mol. The van der Waals surface area contributed by atoms with Crippen LogP contribution < -0.4 is 9.47 Å². The number of nitrogens with zero attached hydrogens (tertiary/aromatic N) is 1. The highest BCUT2D eigenvalue weighted by molar-refractivity contribution is 6.02. The molecule has 1 aromatic heterocycles. The van der Waals surface area contributed by atoms with Gasteiger partial charge >= 0.3 is 5.97 Å². The highest BCUT2D eigenvalue weighted by atomic mass is 16.5. The number of allylic oxidation sites excluding steroid dienone is 1. The van der Waals surface area contributed by atoms with Gasteiger partial charge in [-0.25, -0.2) is 0 Å². The SMILES string of the molecule is COC(=O)C1CCN(C(=O)/C=C(\C)c2cc3c(-c4ccccc4OC)coc3c(C)c2OC)CC1. The number of carbonyl (C=O) groups is 2. The first kappa shape index (κ1) is 24.4. The number of methoxy groups -OCH3 is 3. The van der Waals surface area contributed by atoms with Crippen molar-refractivity contribution in [3.05, 3.63) is 53.8 Å². The number of ether oxygens (including phenoxy) is 3. The predicted molar refractivity (Wildman–Crippen MR) is 134 cm³/mol. The van der Waals surface area contributed by atoms with Crippen molar-refractivity contribution in [3.8, 4) is 22.6 Å². The van der Waals surface area contributed by atoms with Gasteiger partial charge in [0.05, 0.1) is 33.5 Å². The molecule has 1 amide bonds. The number of benzene rings is 2. The number of likely N-dealkylation sites (tertiary alicyclic amines) is 1. The summed E-state index contributed by atoms with van der Waals surface area (Å²) in [5.41, 5.74) is 5.05. The average molecular weight is 478 g/mol. The van der Waals surface area contributed by atoms with Gasteiger partial charge in [-0.15, -0.1) is 0 Å². The van der Waals surface area contributed by atoms with Crippen LogP contribution in [0.5, 0.6) is 11.5 Å². The van der Waals surface area contributed by atoms with E-state index in [1.54, 1.807) is 31.5 Å². The van der Waals surface area contributed by atoms with Crippen LogP contribution in [0.3, 0.4) is 0 Å². The van der Waals surface area contributed by atoms with Crippen molar-refractivity contribution in [2.75, 3.05) is 34.4 Å². The summed E-state index contributed by atoms with van der Waals surface area (Å²) >= 11 is 0. The number of hydrogen-bond donors (Lipinski definition) is 0. The lowest BCUT2D eigenvalue weighted by Crippen LogP contribution is -2.39. The van der Waals surface area contributed by atoms with Gasteiger partial charge < -0.3 is 23.5 Å². The molecule has 0 radical (unpaired) electrons. The summed E-state index contributed by atoms with van der Waals surface area (Å²) in [6, 6.07) is 9.80. The van der Waals surface area contributed by atoms with Crippen LogP contribution in [-0.4, -0.2) is 51.2 Å². The summed E-state index contributed by atoms with van der Waals surface area (Å²) in [5.74, 6) is 0.993. The van der Waals surface area contributed by atoms with E-state index in [4.69, 9.17) is 18.6 Å². The number of aryl methyl sites for hydroxylation is 1. The van der Waals surface area contributed by atoms with E-state index in [1.165, 1.54) is 7.11 Å². The lowest BCUT2D eigenvalue weighted by molar-refractivity contribution is -0.148. The second kappa shape index (κ2) is 10.3. The van der Waals surface area contributed by atoms with Crippen molar-refractivity contribution < 1.29 is 28.2 Å². The number of esters is 1. The van der Waals surface area contributed by atoms with Gasteiger partial charge in [0, 0.05) is 46.8 Å². The molecule has 3 aromatic rings. The Labute approximate surface area is 205 Å². The maximum absolute atomic E-state index is 13.1. The van der Waals surface area contributed by atoms with E-state index in [1.807, 2.05) is 44.2 Å². The minimum atomic E-state index is -0.205. The number of rotatable bonds is 6. The number of fused-ring (bicyclic) bond motifs is 1. The van der Waals surface area contributed by atoms with E-state index < -0.39 is 0 Å². The Kier molecular flexibility index (Phi) is 7.15. The smallest absolute Gasteiger partial charge is 0.308 e. The van der Waals surface area contributed by atoms with Crippen molar-refractivity contribution >= 4 is 28.4 Å². The summed E-state index contributed by atoms with van der Waals surface area (Å²) in [4.78, 5) is 26.6. The van der Waals surface area contributed by atoms with Crippen molar-refractivity contribution in [3.63, 3.8) is 0 Å². The number of piperidine rings is 1. The van der Waals surface area contributed by atoms with Crippen LogP contribution in [-0.2, 0) is 14.3 Å². The number of hydrogen-bond acceptors (Lipinski definition) is 6. The molecule has 4 rings (SSSR count). The van der Waals surface area contributed by atoms with E-state index in [0.29, 0.717) is 31.7 Å². The van der Waals surface area contributed by atoms with E-state index in [-0.39, 0.29) is 17.8 Å². The van der Waals surface area contributed by atoms with E-state index >= 15 is 0 Å². The normalized spacial score (nSPS) is 14.8. The van der Waals surface area contributed by atoms with Gasteiger partial charge in [-0.1, -0.05) is 18.2 Å². The molecule has 1 aliphatic heterocycles. The molecule has 7 heteroatoms. The molecular formula is C28H31NO6. The van der Waals surface area contributed by atoms with Crippen molar-refractivity contribution in [2.24, 2.45) is 5.92 Å². The number of amides is 1. The largest absolute Gasteiger partial charge is 0.496 e. The van der Waals surface area contributed by atoms with E-state index in [0.717, 1.165) is 44.5 Å². The van der Waals surface area contributed by atoms with Crippen molar-refractivity contribution in [1.29, 1.82) is 0 Å². The number of para-hydroxylation sites is 1. The first-order chi connectivity index (χ1) is 16.9. The Morgan fingerprint density at radius 3 is 2.43 bits per heavy atom. The first-order valence-corrected chi connectivity index (χ1v) is 11.7. The third-order valence-corrected chi connectivity index (χ3v) is 6.75. The molecule has 0 aliphatic carbocycles. The Morgan fingerprint density at radius 2 is 1.77 bits per heavy atom. The number of carbonyl (C=O) groups excluding carboxylic acids is 2. The first-order valence-electron chi connectivity index (χ1n) is 11.7. The molecule has 0 saturated carbocycles. The molecule has 1 aliphatic rings. The molecule has 2 aromatic carbocycles. The maximum Gasteiger partial charge on any atom is 0.308 e. The molecule has 184 valence electrons. The van der Waals surface area contributed by atoms with Crippen LogP contribution in [0.2, 0.25) is 0 Å². The van der Waals surface area contributed by atoms with Gasteiger partial charge in [0.15, 0.2) is 0 Å². The van der Waals surface area contributed by atoms with Crippen LogP contribution in [0.25, 0.3) is 27.7 Å². The van der Waals surface area contributed by atoms with Crippen molar-refractivity contribution in [2.45, 2.75) is 26.7 Å². The lowest BCUT2D eigenvalue weighted by atomic mass is 9.95. The molecule has 35 heavy (non-hydrogen) atoms. The fraction of sp³-hybridized carbons (Fsp3) is 0.357. The van der Waals surface area contributed by atoms with Crippen LogP contribution in [0.1, 0.15) is 30.9 Å². The van der Waals surface area contributed by atoms with Gasteiger partial charge in [-0.3, -0.25) is 9.59 Å². The Hall–Kier alpha value is -3.74. The third kappa shape index (κ3) is 4.63. The third-order valence-electron chi connectivity index (χ3n) is 6.75. The summed E-state index contributed by atoms with van der Waals surface area (Å²) < 4.78 is 22.1. The van der Waals surface area contributed by atoms with E-state index in [2.05, 4.69) is 0 Å². The lowest BCUT2D eigenvalue weighted by Gasteiger charge is -2.30. The monoisotopic (exact) mass is 477 g/mol. The number of furan rings is 1. The minimum absolute atomic E-state index is 0.0808. The molecule has 0 N–H and O–H groups in total. The molecule has 0 unspecified atom stereocenters. The topological polar surface area (TPSA) is 78.2 Å². The van der Waals surface area contributed by atoms with Gasteiger partial charge in [-0.05, 0) is 44.4 Å². The second-order valence-corrected chi connectivity index (χ2v) is 8.76. The Balaban J connectivity index is 1.69. The van der Waals surface area contributed by atoms with Gasteiger partial charge in [0.2, 0.25) is 5.91 Å². The molecule has 2 heterocycles. The molecule has 0 spiro atoms. The molecule has 1 fully saturated rings. The predicted octanol–water partition coefficient (Wildman–Crippen LogP) is 5.24. The molecule has 0 atom stereocenters. The Morgan fingerprint density at radius 1 is 1.06 bits per heavy atom. The summed E-state index contributed by atoms with van der Waals surface area (Å²) in [7, 11) is 4.67. The van der Waals surface area contributed by atoms with Crippen LogP contribution in [0, 0.1) is 12.8 Å². The fourth-order valence-electron chi connectivity index (χ4n) is 4.80. The highest BCUT2D eigenvalue weighted by Crippen LogP contribution is 2.42. The van der Waals surface area contributed by atoms with Crippen LogP contribution >= 0.6 is 0 Å². The zero-order valence-electron chi connectivity index (χ0n) is 20.8.